The quantitative estimate of drug-likeness (QED) is 0.330. The van der Waals surface area contributed by atoms with Crippen LogP contribution in [-0.4, -0.2) is 47.9 Å². The lowest BCUT2D eigenvalue weighted by molar-refractivity contribution is 0.0283. The van der Waals surface area contributed by atoms with Crippen LogP contribution in [0.15, 0.2) is 33.8 Å². The summed E-state index contributed by atoms with van der Waals surface area (Å²) in [6.45, 7) is 7.05. The Hall–Kier alpha value is -1.39. The highest BCUT2D eigenvalue weighted by Crippen LogP contribution is 2.25. The van der Waals surface area contributed by atoms with Crippen molar-refractivity contribution >= 4 is 41.5 Å². The van der Waals surface area contributed by atoms with Crippen molar-refractivity contribution in [3.05, 3.63) is 35.2 Å². The van der Waals surface area contributed by atoms with Crippen molar-refractivity contribution in [2.75, 3.05) is 26.2 Å². The lowest BCUT2D eigenvalue weighted by atomic mass is 10.0. The van der Waals surface area contributed by atoms with Crippen molar-refractivity contribution < 1.29 is 9.26 Å². The van der Waals surface area contributed by atoms with Gasteiger partial charge in [0.15, 0.2) is 5.96 Å². The fourth-order valence-corrected chi connectivity index (χ4v) is 3.13. The first kappa shape index (κ1) is 22.9. The van der Waals surface area contributed by atoms with E-state index >= 15 is 0 Å². The number of rotatable bonds is 7. The molecule has 1 atom stereocenters. The molecular formula is C19H27ClIN5O2. The number of aromatic nitrogens is 2. The van der Waals surface area contributed by atoms with E-state index in [0.29, 0.717) is 36.2 Å². The van der Waals surface area contributed by atoms with Crippen LogP contribution in [-0.2, 0) is 11.2 Å². The standard InChI is InChI=1S/C19H26ClN5O2.HI/c1-3-21-18(23-13-19(2)9-5-11-26-19)22-10-8-16-24-17(25-27-16)14-6-4-7-15(20)12-14;/h4,6-7,12H,3,5,8-11,13H2,1-2H3,(H2,21,22,23);1H. The zero-order valence-electron chi connectivity index (χ0n) is 16.2. The molecule has 3 rings (SSSR count). The summed E-state index contributed by atoms with van der Waals surface area (Å²) in [5.41, 5.74) is 0.686. The van der Waals surface area contributed by atoms with Crippen LogP contribution < -0.4 is 10.6 Å². The van der Waals surface area contributed by atoms with Crippen LogP contribution in [0.2, 0.25) is 5.02 Å². The molecule has 0 spiro atoms. The fourth-order valence-electron chi connectivity index (χ4n) is 2.94. The first-order chi connectivity index (χ1) is 13.1. The molecule has 7 nitrogen and oxygen atoms in total. The Labute approximate surface area is 187 Å². The molecule has 2 N–H and O–H groups in total. The SMILES string of the molecule is CCNC(=NCC1(C)CCCO1)NCCc1nc(-c2cccc(Cl)c2)no1.I. The maximum Gasteiger partial charge on any atom is 0.228 e. The molecule has 0 saturated carbocycles. The number of benzene rings is 1. The number of halogens is 2. The van der Waals surface area contributed by atoms with Gasteiger partial charge in [-0.15, -0.1) is 24.0 Å². The van der Waals surface area contributed by atoms with Gasteiger partial charge in [0.2, 0.25) is 11.7 Å². The summed E-state index contributed by atoms with van der Waals surface area (Å²) in [4.78, 5) is 9.08. The van der Waals surface area contributed by atoms with E-state index in [2.05, 4.69) is 32.7 Å². The number of guanidine groups is 1. The van der Waals surface area contributed by atoms with Gasteiger partial charge in [-0.25, -0.2) is 0 Å². The maximum absolute atomic E-state index is 6.01. The molecular weight excluding hydrogens is 493 g/mol. The van der Waals surface area contributed by atoms with E-state index in [1.807, 2.05) is 31.2 Å². The van der Waals surface area contributed by atoms with Crippen LogP contribution in [0.1, 0.15) is 32.6 Å². The van der Waals surface area contributed by atoms with Gasteiger partial charge in [0.05, 0.1) is 12.1 Å². The number of nitrogens with one attached hydrogen (secondary N) is 2. The Kier molecular flexibility index (Phi) is 8.97. The Morgan fingerprint density at radius 3 is 2.93 bits per heavy atom. The topological polar surface area (TPSA) is 84.6 Å². The molecule has 1 saturated heterocycles. The summed E-state index contributed by atoms with van der Waals surface area (Å²) >= 11 is 6.01. The first-order valence-electron chi connectivity index (χ1n) is 9.33. The number of nitrogens with zero attached hydrogens (tertiary/aromatic N) is 3. The highest BCUT2D eigenvalue weighted by molar-refractivity contribution is 14.0. The molecule has 1 aromatic carbocycles. The predicted molar refractivity (Wildman–Crippen MR) is 121 cm³/mol. The molecule has 1 unspecified atom stereocenters. The molecule has 0 amide bonds. The zero-order chi connectivity index (χ0) is 19.1. The third kappa shape index (κ3) is 6.59. The second kappa shape index (κ2) is 11.0. The lowest BCUT2D eigenvalue weighted by Crippen LogP contribution is -2.40. The number of aliphatic imine (C=N–C) groups is 1. The molecule has 1 aliphatic rings. The van der Waals surface area contributed by atoms with Crippen molar-refractivity contribution in [3.63, 3.8) is 0 Å². The van der Waals surface area contributed by atoms with Crippen LogP contribution >= 0.6 is 35.6 Å². The molecule has 154 valence electrons. The van der Waals surface area contributed by atoms with Gasteiger partial charge < -0.3 is 19.9 Å². The van der Waals surface area contributed by atoms with Crippen molar-refractivity contribution in [3.8, 4) is 11.4 Å². The molecule has 28 heavy (non-hydrogen) atoms. The van der Waals surface area contributed by atoms with Gasteiger partial charge in [-0.2, -0.15) is 4.98 Å². The number of hydrogen-bond donors (Lipinski definition) is 2. The van der Waals surface area contributed by atoms with E-state index in [0.717, 1.165) is 37.5 Å². The van der Waals surface area contributed by atoms with Gasteiger partial charge in [-0.05, 0) is 38.8 Å². The minimum absolute atomic E-state index is 0. The molecule has 9 heteroatoms. The molecule has 1 aromatic heterocycles. The van der Waals surface area contributed by atoms with Crippen LogP contribution in [0.5, 0.6) is 0 Å². The molecule has 0 aliphatic carbocycles. The third-order valence-electron chi connectivity index (χ3n) is 4.40. The average molecular weight is 520 g/mol. The Balaban J connectivity index is 0.00000280. The van der Waals surface area contributed by atoms with Gasteiger partial charge in [0, 0.05) is 36.7 Å². The minimum atomic E-state index is -0.152. The molecule has 2 heterocycles. The summed E-state index contributed by atoms with van der Waals surface area (Å²) in [7, 11) is 0. The van der Waals surface area contributed by atoms with E-state index in [-0.39, 0.29) is 29.6 Å². The Bertz CT molecular complexity index is 777. The van der Waals surface area contributed by atoms with Crippen LogP contribution in [0.25, 0.3) is 11.4 Å². The van der Waals surface area contributed by atoms with Gasteiger partial charge in [-0.1, -0.05) is 28.9 Å². The van der Waals surface area contributed by atoms with Crippen molar-refractivity contribution in [2.45, 2.75) is 38.7 Å². The first-order valence-corrected chi connectivity index (χ1v) is 9.70. The summed E-state index contributed by atoms with van der Waals surface area (Å²) in [6, 6.07) is 7.40. The van der Waals surface area contributed by atoms with E-state index in [4.69, 9.17) is 20.9 Å². The molecule has 2 aromatic rings. The lowest BCUT2D eigenvalue weighted by Gasteiger charge is -2.21. The van der Waals surface area contributed by atoms with Gasteiger partial charge in [0.1, 0.15) is 0 Å². The zero-order valence-corrected chi connectivity index (χ0v) is 19.3. The minimum Gasteiger partial charge on any atom is -0.373 e. The highest BCUT2D eigenvalue weighted by atomic mass is 127. The van der Waals surface area contributed by atoms with Crippen LogP contribution in [0, 0.1) is 0 Å². The van der Waals surface area contributed by atoms with Crippen LogP contribution in [0.3, 0.4) is 0 Å². The monoisotopic (exact) mass is 519 g/mol. The molecule has 0 bridgehead atoms. The van der Waals surface area contributed by atoms with Gasteiger partial charge in [0.25, 0.3) is 0 Å². The third-order valence-corrected chi connectivity index (χ3v) is 4.63. The van der Waals surface area contributed by atoms with E-state index in [1.54, 1.807) is 0 Å². The Morgan fingerprint density at radius 1 is 1.36 bits per heavy atom. The second-order valence-electron chi connectivity index (χ2n) is 6.80. The second-order valence-corrected chi connectivity index (χ2v) is 7.23. The molecule has 1 fully saturated rings. The van der Waals surface area contributed by atoms with Crippen molar-refractivity contribution in [1.29, 1.82) is 0 Å². The fraction of sp³-hybridized carbons (Fsp3) is 0.526. The predicted octanol–water partition coefficient (Wildman–Crippen LogP) is 3.67. The van der Waals surface area contributed by atoms with Crippen LogP contribution in [0.4, 0.5) is 0 Å². The van der Waals surface area contributed by atoms with Gasteiger partial charge in [-0.3, -0.25) is 4.99 Å². The van der Waals surface area contributed by atoms with Crippen molar-refractivity contribution in [2.24, 2.45) is 4.99 Å². The summed E-state index contributed by atoms with van der Waals surface area (Å²) in [6.07, 6.45) is 2.75. The van der Waals surface area contributed by atoms with E-state index in [9.17, 15) is 0 Å². The number of hydrogen-bond acceptors (Lipinski definition) is 5. The molecule has 0 radical (unpaired) electrons. The normalized spacial score (nSPS) is 19.3. The van der Waals surface area contributed by atoms with Crippen molar-refractivity contribution in [1.82, 2.24) is 20.8 Å². The maximum atomic E-state index is 6.01. The van der Waals surface area contributed by atoms with E-state index in [1.165, 1.54) is 0 Å². The average Bonchev–Trinajstić information content (AvgIpc) is 3.30. The summed E-state index contributed by atoms with van der Waals surface area (Å²) < 4.78 is 11.1. The number of ether oxygens (including phenoxy) is 1. The smallest absolute Gasteiger partial charge is 0.228 e. The largest absolute Gasteiger partial charge is 0.373 e. The summed E-state index contributed by atoms with van der Waals surface area (Å²) in [5, 5.41) is 11.2. The highest BCUT2D eigenvalue weighted by Gasteiger charge is 2.29. The van der Waals surface area contributed by atoms with E-state index < -0.39 is 0 Å². The Morgan fingerprint density at radius 2 is 2.21 bits per heavy atom. The summed E-state index contributed by atoms with van der Waals surface area (Å²) in [5.74, 6) is 1.88. The molecule has 1 aliphatic heterocycles. The van der Waals surface area contributed by atoms with Gasteiger partial charge >= 0.3 is 0 Å².